The number of methoxy groups -OCH3 is 1. The lowest BCUT2D eigenvalue weighted by molar-refractivity contribution is -0.126. The van der Waals surface area contributed by atoms with Crippen LogP contribution in [0.15, 0.2) is 18.2 Å². The first-order valence-corrected chi connectivity index (χ1v) is 5.36. The van der Waals surface area contributed by atoms with Crippen LogP contribution in [0, 0.1) is 5.92 Å². The molecule has 88 valence electrons. The van der Waals surface area contributed by atoms with Crippen molar-refractivity contribution >= 4 is 11.8 Å². The van der Waals surface area contributed by atoms with Crippen molar-refractivity contribution in [3.05, 3.63) is 23.8 Å². The molecule has 1 saturated heterocycles. The number of rotatable bonds is 1. The van der Waals surface area contributed by atoms with Crippen molar-refractivity contribution in [3.63, 3.8) is 0 Å². The summed E-state index contributed by atoms with van der Waals surface area (Å²) in [6, 6.07) is 5.29. The number of nitrogens with one attached hydrogen (secondary N) is 1. The molecule has 2 amide bonds. The minimum atomic E-state index is -0.443. The van der Waals surface area contributed by atoms with E-state index in [0.29, 0.717) is 11.5 Å². The molecule has 17 heavy (non-hydrogen) atoms. The first-order chi connectivity index (χ1) is 8.20. The summed E-state index contributed by atoms with van der Waals surface area (Å²) in [5.41, 5.74) is 0.726. The summed E-state index contributed by atoms with van der Waals surface area (Å²) in [5, 5.41) is 2.34. The van der Waals surface area contributed by atoms with Gasteiger partial charge < -0.3 is 9.47 Å². The van der Waals surface area contributed by atoms with Gasteiger partial charge in [0.05, 0.1) is 18.9 Å². The maximum atomic E-state index is 11.8. The van der Waals surface area contributed by atoms with Gasteiger partial charge >= 0.3 is 0 Å². The van der Waals surface area contributed by atoms with Gasteiger partial charge in [0.2, 0.25) is 11.8 Å². The predicted octanol–water partition coefficient (Wildman–Crippen LogP) is 0.444. The molecule has 1 N–H and O–H groups in total. The lowest BCUT2D eigenvalue weighted by atomic mass is 9.86. The summed E-state index contributed by atoms with van der Waals surface area (Å²) >= 11 is 0. The van der Waals surface area contributed by atoms with Crippen LogP contribution < -0.4 is 14.8 Å². The maximum absolute atomic E-state index is 11.8. The van der Waals surface area contributed by atoms with Crippen LogP contribution in [0.4, 0.5) is 0 Å². The number of hydrogen-bond donors (Lipinski definition) is 1. The molecule has 0 unspecified atom stereocenters. The molecule has 0 aliphatic carbocycles. The molecule has 2 heterocycles. The Kier molecular flexibility index (Phi) is 2.07. The summed E-state index contributed by atoms with van der Waals surface area (Å²) < 4.78 is 10.6. The van der Waals surface area contributed by atoms with Gasteiger partial charge in [0.15, 0.2) is 0 Å². The molecule has 1 aromatic carbocycles. The number of amides is 2. The maximum Gasteiger partial charge on any atom is 0.235 e. The minimum absolute atomic E-state index is 0.252. The first kappa shape index (κ1) is 10.1. The number of imide groups is 1. The van der Waals surface area contributed by atoms with E-state index in [-0.39, 0.29) is 18.4 Å². The highest BCUT2D eigenvalue weighted by atomic mass is 16.5. The fourth-order valence-electron chi connectivity index (χ4n) is 2.36. The zero-order chi connectivity index (χ0) is 12.0. The van der Waals surface area contributed by atoms with Crippen LogP contribution >= 0.6 is 0 Å². The van der Waals surface area contributed by atoms with Crippen molar-refractivity contribution in [1.82, 2.24) is 5.32 Å². The Hall–Kier alpha value is -2.04. The summed E-state index contributed by atoms with van der Waals surface area (Å²) in [4.78, 5) is 23.3. The van der Waals surface area contributed by atoms with Gasteiger partial charge in [-0.3, -0.25) is 14.9 Å². The molecule has 0 saturated carbocycles. The molecule has 5 nitrogen and oxygen atoms in total. The summed E-state index contributed by atoms with van der Waals surface area (Å²) in [7, 11) is 1.56. The molecule has 0 radical (unpaired) electrons. The quantitative estimate of drug-likeness (QED) is 0.715. The molecule has 2 atom stereocenters. The van der Waals surface area contributed by atoms with Gasteiger partial charge in [-0.2, -0.15) is 0 Å². The molecule has 5 heteroatoms. The second-order valence-corrected chi connectivity index (χ2v) is 4.15. The molecule has 0 spiro atoms. The van der Waals surface area contributed by atoms with Gasteiger partial charge in [0.1, 0.15) is 18.1 Å². The van der Waals surface area contributed by atoms with Gasteiger partial charge in [-0.1, -0.05) is 0 Å². The van der Waals surface area contributed by atoms with Gasteiger partial charge in [-0.15, -0.1) is 0 Å². The average Bonchev–Trinajstić information content (AvgIpc) is 2.64. The van der Waals surface area contributed by atoms with Crippen LogP contribution in [-0.4, -0.2) is 25.5 Å². The highest BCUT2D eigenvalue weighted by molar-refractivity contribution is 6.08. The van der Waals surface area contributed by atoms with Crippen LogP contribution in [0.1, 0.15) is 11.5 Å². The van der Waals surface area contributed by atoms with Crippen LogP contribution in [-0.2, 0) is 9.59 Å². The normalized spacial score (nSPS) is 25.7. The van der Waals surface area contributed by atoms with Crippen LogP contribution in [0.3, 0.4) is 0 Å². The van der Waals surface area contributed by atoms with Crippen molar-refractivity contribution in [2.75, 3.05) is 13.7 Å². The third kappa shape index (κ3) is 1.39. The Morgan fingerprint density at radius 3 is 2.94 bits per heavy atom. The first-order valence-electron chi connectivity index (χ1n) is 5.36. The Bertz CT molecular complexity index is 511. The second kappa shape index (κ2) is 3.48. The van der Waals surface area contributed by atoms with Gasteiger partial charge in [0, 0.05) is 5.56 Å². The molecular weight excluding hydrogens is 222 g/mol. The largest absolute Gasteiger partial charge is 0.497 e. The molecule has 0 bridgehead atoms. The second-order valence-electron chi connectivity index (χ2n) is 4.15. The smallest absolute Gasteiger partial charge is 0.235 e. The highest BCUT2D eigenvalue weighted by Crippen LogP contribution is 2.41. The number of carbonyl (C=O) groups is 2. The number of ether oxygens (including phenoxy) is 2. The number of benzene rings is 1. The SMILES string of the molecule is COc1ccc2c(c1)[C@H]1C(=O)NC(=O)[C@H]1CO2. The van der Waals surface area contributed by atoms with Gasteiger partial charge in [0.25, 0.3) is 0 Å². The van der Waals surface area contributed by atoms with Crippen LogP contribution in [0.2, 0.25) is 0 Å². The van der Waals surface area contributed by atoms with Crippen molar-refractivity contribution in [1.29, 1.82) is 0 Å². The number of fused-ring (bicyclic) bond motifs is 3. The van der Waals surface area contributed by atoms with E-state index in [9.17, 15) is 9.59 Å². The molecule has 1 aromatic rings. The third-order valence-corrected chi connectivity index (χ3v) is 3.24. The predicted molar refractivity (Wildman–Crippen MR) is 57.9 cm³/mol. The zero-order valence-electron chi connectivity index (χ0n) is 9.23. The molecule has 1 fully saturated rings. The van der Waals surface area contributed by atoms with E-state index in [2.05, 4.69) is 5.32 Å². The Labute approximate surface area is 97.7 Å². The van der Waals surface area contributed by atoms with Crippen molar-refractivity contribution in [2.45, 2.75) is 5.92 Å². The van der Waals surface area contributed by atoms with E-state index in [0.717, 1.165) is 5.56 Å². The number of hydrogen-bond acceptors (Lipinski definition) is 4. The van der Waals surface area contributed by atoms with E-state index in [1.807, 2.05) is 0 Å². The highest BCUT2D eigenvalue weighted by Gasteiger charge is 2.46. The minimum Gasteiger partial charge on any atom is -0.497 e. The standard InChI is InChI=1S/C12H11NO4/c1-16-6-2-3-9-7(4-6)10-8(5-17-9)11(14)13-12(10)15/h2-4,8,10H,5H2,1H3,(H,13,14,15)/t8-,10+/m0/s1. The van der Waals surface area contributed by atoms with E-state index < -0.39 is 11.8 Å². The van der Waals surface area contributed by atoms with E-state index in [4.69, 9.17) is 9.47 Å². The van der Waals surface area contributed by atoms with Crippen LogP contribution in [0.25, 0.3) is 0 Å². The van der Waals surface area contributed by atoms with Crippen molar-refractivity contribution in [3.8, 4) is 11.5 Å². The van der Waals surface area contributed by atoms with Crippen molar-refractivity contribution < 1.29 is 19.1 Å². The third-order valence-electron chi connectivity index (χ3n) is 3.24. The summed E-state index contributed by atoms with van der Waals surface area (Å²) in [6.07, 6.45) is 0. The molecule has 3 rings (SSSR count). The van der Waals surface area contributed by atoms with Gasteiger partial charge in [-0.05, 0) is 18.2 Å². The fraction of sp³-hybridized carbons (Fsp3) is 0.333. The molecule has 0 aromatic heterocycles. The number of carbonyl (C=O) groups excluding carboxylic acids is 2. The fourth-order valence-corrected chi connectivity index (χ4v) is 2.36. The zero-order valence-corrected chi connectivity index (χ0v) is 9.23. The van der Waals surface area contributed by atoms with Gasteiger partial charge in [-0.25, -0.2) is 0 Å². The monoisotopic (exact) mass is 233 g/mol. The molecular formula is C12H11NO4. The van der Waals surface area contributed by atoms with Crippen molar-refractivity contribution in [2.24, 2.45) is 5.92 Å². The molecule has 2 aliphatic heterocycles. The van der Waals surface area contributed by atoms with E-state index in [1.165, 1.54) is 0 Å². The van der Waals surface area contributed by atoms with E-state index in [1.54, 1.807) is 25.3 Å². The molecule has 2 aliphatic rings. The lowest BCUT2D eigenvalue weighted by Crippen LogP contribution is -2.28. The average molecular weight is 233 g/mol. The van der Waals surface area contributed by atoms with Crippen LogP contribution in [0.5, 0.6) is 11.5 Å². The summed E-state index contributed by atoms with van der Waals surface area (Å²) in [6.45, 7) is 0.252. The summed E-state index contributed by atoms with van der Waals surface area (Å²) in [5.74, 6) is -0.0632. The lowest BCUT2D eigenvalue weighted by Gasteiger charge is -2.25. The Morgan fingerprint density at radius 2 is 2.18 bits per heavy atom. The topological polar surface area (TPSA) is 64.6 Å². The Balaban J connectivity index is 2.10. The van der Waals surface area contributed by atoms with E-state index >= 15 is 0 Å². The Morgan fingerprint density at radius 1 is 1.35 bits per heavy atom.